The molecule has 0 fully saturated rings. The molecule has 8 nitrogen and oxygen atoms in total. The van der Waals surface area contributed by atoms with Crippen LogP contribution in [0.2, 0.25) is 0 Å². The Labute approximate surface area is 121 Å². The Morgan fingerprint density at radius 2 is 0.773 bits per heavy atom. The van der Waals surface area contributed by atoms with Gasteiger partial charge in [-0.25, -0.2) is 0 Å². The number of carbonyl (C=O) groups is 4. The van der Waals surface area contributed by atoms with Crippen LogP contribution in [0.3, 0.4) is 0 Å². The van der Waals surface area contributed by atoms with Crippen molar-refractivity contribution in [3.8, 4) is 0 Å². The third-order valence-corrected chi connectivity index (χ3v) is 3.85. The Morgan fingerprint density at radius 3 is 1.00 bits per heavy atom. The summed E-state index contributed by atoms with van der Waals surface area (Å²) in [6, 6.07) is 5.07. The van der Waals surface area contributed by atoms with Gasteiger partial charge in [-0.05, 0) is 24.3 Å². The lowest BCUT2D eigenvalue weighted by molar-refractivity contribution is -0.0387. The molecule has 2 N–H and O–H groups in total. The summed E-state index contributed by atoms with van der Waals surface area (Å²) in [6.45, 7) is 0. The third kappa shape index (κ3) is 1.23. The maximum Gasteiger partial charge on any atom is 0.285 e. The maximum atomic E-state index is 12.0. The van der Waals surface area contributed by atoms with E-state index in [4.69, 9.17) is 0 Å². The molecule has 2 aromatic carbocycles. The second-order valence-electron chi connectivity index (χ2n) is 4.92. The van der Waals surface area contributed by atoms with Gasteiger partial charge < -0.3 is 0 Å². The van der Waals surface area contributed by atoms with E-state index in [1.165, 1.54) is 24.3 Å². The predicted molar refractivity (Wildman–Crippen MR) is 68.5 cm³/mol. The second kappa shape index (κ2) is 3.75. The molecule has 0 aromatic heterocycles. The minimum Gasteiger partial charge on any atom is -0.278 e. The smallest absolute Gasteiger partial charge is 0.278 e. The van der Waals surface area contributed by atoms with Gasteiger partial charge >= 0.3 is 0 Å². The number of nitrogens with zero attached hydrogens (tertiary/aromatic N) is 2. The molecular weight excluding hydrogens is 292 g/mol. The first kappa shape index (κ1) is 12.6. The molecule has 8 heteroatoms. The van der Waals surface area contributed by atoms with E-state index in [2.05, 4.69) is 0 Å². The molecule has 0 bridgehead atoms. The lowest BCUT2D eigenvalue weighted by Gasteiger charge is -2.27. The van der Waals surface area contributed by atoms with Gasteiger partial charge in [0.2, 0.25) is 0 Å². The van der Waals surface area contributed by atoms with Gasteiger partial charge in [0.25, 0.3) is 23.6 Å². The summed E-state index contributed by atoms with van der Waals surface area (Å²) in [6.07, 6.45) is 0. The Bertz CT molecular complexity index is 801. The third-order valence-electron chi connectivity index (χ3n) is 3.85. The molecule has 0 atom stereocenters. The van der Waals surface area contributed by atoms with E-state index < -0.39 is 23.6 Å². The summed E-state index contributed by atoms with van der Waals surface area (Å²) in [7, 11) is 0. The highest BCUT2D eigenvalue weighted by molar-refractivity contribution is 6.32. The summed E-state index contributed by atoms with van der Waals surface area (Å²) in [4.78, 5) is 48.0. The van der Waals surface area contributed by atoms with Crippen LogP contribution in [-0.2, 0) is 0 Å². The number of hydrogen-bond acceptors (Lipinski definition) is 6. The van der Waals surface area contributed by atoms with Gasteiger partial charge in [0.15, 0.2) is 0 Å². The molecule has 0 radical (unpaired) electrons. The van der Waals surface area contributed by atoms with E-state index in [0.717, 1.165) is 0 Å². The fourth-order valence-corrected chi connectivity index (χ4v) is 2.85. The zero-order chi connectivity index (χ0) is 15.8. The van der Waals surface area contributed by atoms with Gasteiger partial charge in [-0.15, -0.1) is 10.1 Å². The number of hydrogen-bond donors (Lipinski definition) is 2. The summed E-state index contributed by atoms with van der Waals surface area (Å²) in [5.74, 6) is -3.75. The fourth-order valence-electron chi connectivity index (χ4n) is 2.85. The van der Waals surface area contributed by atoms with Crippen LogP contribution in [0.4, 0.5) is 0 Å². The Morgan fingerprint density at radius 1 is 0.545 bits per heavy atom. The van der Waals surface area contributed by atoms with Crippen LogP contribution >= 0.6 is 0 Å². The van der Waals surface area contributed by atoms with Gasteiger partial charge in [-0.2, -0.15) is 0 Å². The van der Waals surface area contributed by atoms with Gasteiger partial charge in [-0.1, -0.05) is 0 Å². The highest BCUT2D eigenvalue weighted by Crippen LogP contribution is 2.36. The van der Waals surface area contributed by atoms with Gasteiger partial charge in [0.05, 0.1) is 22.3 Å². The highest BCUT2D eigenvalue weighted by Gasteiger charge is 2.39. The van der Waals surface area contributed by atoms with Crippen molar-refractivity contribution in [3.63, 3.8) is 0 Å². The van der Waals surface area contributed by atoms with Crippen molar-refractivity contribution in [2.75, 3.05) is 0 Å². The van der Waals surface area contributed by atoms with Crippen molar-refractivity contribution in [2.45, 2.75) is 0 Å². The van der Waals surface area contributed by atoms with Crippen LogP contribution in [0.1, 0.15) is 41.4 Å². The lowest BCUT2D eigenvalue weighted by Crippen LogP contribution is -2.40. The normalized spacial score (nSPS) is 16.8. The number of imide groups is 2. The molecule has 2 heterocycles. The van der Waals surface area contributed by atoms with Crippen molar-refractivity contribution in [1.82, 2.24) is 10.1 Å². The van der Waals surface area contributed by atoms with Gasteiger partial charge in [-0.3, -0.25) is 29.6 Å². The molecule has 108 valence electrons. The van der Waals surface area contributed by atoms with Crippen molar-refractivity contribution in [1.29, 1.82) is 0 Å². The minimum absolute atomic E-state index is 0.00434. The topological polar surface area (TPSA) is 115 Å². The second-order valence-corrected chi connectivity index (χ2v) is 4.92. The fraction of sp³-hybridized carbons (Fsp3) is 0. The van der Waals surface area contributed by atoms with Crippen LogP contribution in [0.25, 0.3) is 10.8 Å². The van der Waals surface area contributed by atoms with Crippen molar-refractivity contribution < 1.29 is 29.6 Å². The molecule has 2 aliphatic rings. The highest BCUT2D eigenvalue weighted by atomic mass is 16.5. The zero-order valence-corrected chi connectivity index (χ0v) is 10.7. The van der Waals surface area contributed by atoms with Gasteiger partial charge in [0.1, 0.15) is 0 Å². The summed E-state index contributed by atoms with van der Waals surface area (Å²) >= 11 is 0. The quantitative estimate of drug-likeness (QED) is 0.549. The van der Waals surface area contributed by atoms with E-state index in [0.29, 0.717) is 0 Å². The molecule has 0 saturated carbocycles. The average Bonchev–Trinajstić information content (AvgIpc) is 2.53. The van der Waals surface area contributed by atoms with E-state index in [9.17, 15) is 29.6 Å². The van der Waals surface area contributed by atoms with E-state index >= 15 is 0 Å². The molecule has 4 rings (SSSR count). The van der Waals surface area contributed by atoms with Crippen LogP contribution in [0.15, 0.2) is 24.3 Å². The first-order valence-electron chi connectivity index (χ1n) is 6.18. The van der Waals surface area contributed by atoms with Crippen molar-refractivity contribution in [3.05, 3.63) is 46.5 Å². The van der Waals surface area contributed by atoms with E-state index in [1.54, 1.807) is 0 Å². The molecule has 2 aliphatic heterocycles. The van der Waals surface area contributed by atoms with Crippen LogP contribution in [0, 0.1) is 0 Å². The van der Waals surface area contributed by atoms with E-state index in [-0.39, 0.29) is 43.2 Å². The number of benzene rings is 2. The first-order valence-corrected chi connectivity index (χ1v) is 6.18. The minimum atomic E-state index is -0.937. The molecule has 0 saturated heterocycles. The van der Waals surface area contributed by atoms with E-state index in [1.807, 2.05) is 0 Å². The standard InChI is InChI=1S/C14H6N2O6/c17-11-5-1-2-6-10-8(14(20)16(22)12(6)18)4-3-7(9(5)10)13(19)15(11)21/h1-4,21-22H. The molecule has 0 aliphatic carbocycles. The van der Waals surface area contributed by atoms with Crippen LogP contribution in [-0.4, -0.2) is 44.2 Å². The number of carbonyl (C=O) groups excluding carboxylic acids is 4. The number of hydroxylamine groups is 4. The number of rotatable bonds is 0. The summed E-state index contributed by atoms with van der Waals surface area (Å²) in [5.41, 5.74) is 0.0174. The maximum absolute atomic E-state index is 12.0. The average molecular weight is 298 g/mol. The predicted octanol–water partition coefficient (Wildman–Crippen LogP) is 0.810. The molecule has 22 heavy (non-hydrogen) atoms. The lowest BCUT2D eigenvalue weighted by atomic mass is 9.87. The van der Waals surface area contributed by atoms with Crippen molar-refractivity contribution in [2.24, 2.45) is 0 Å². The Balaban J connectivity index is 2.24. The van der Waals surface area contributed by atoms with Crippen LogP contribution < -0.4 is 0 Å². The largest absolute Gasteiger partial charge is 0.285 e. The summed E-state index contributed by atoms with van der Waals surface area (Å²) < 4.78 is 0. The molecule has 0 spiro atoms. The van der Waals surface area contributed by atoms with Crippen molar-refractivity contribution >= 4 is 34.4 Å². The summed E-state index contributed by atoms with van der Waals surface area (Å²) in [5, 5.41) is 19.3. The Hall–Kier alpha value is -3.10. The molecule has 2 aromatic rings. The monoisotopic (exact) mass is 298 g/mol. The number of amides is 4. The van der Waals surface area contributed by atoms with Crippen LogP contribution in [0.5, 0.6) is 0 Å². The first-order chi connectivity index (χ1) is 10.4. The zero-order valence-electron chi connectivity index (χ0n) is 10.7. The Kier molecular flexibility index (Phi) is 2.15. The molecule has 4 amide bonds. The molecular formula is C14H6N2O6. The molecule has 0 unspecified atom stereocenters. The SMILES string of the molecule is O=C1c2ccc3c4c(ccc(c24)C(=O)N1O)C(=O)N(O)C3=O. The van der Waals surface area contributed by atoms with Gasteiger partial charge in [0, 0.05) is 10.8 Å².